The molecule has 0 amide bonds. The van der Waals surface area contributed by atoms with Crippen LogP contribution in [0, 0.1) is 0 Å². The minimum Gasteiger partial charge on any atom is -0.493 e. The molecule has 0 fully saturated rings. The van der Waals surface area contributed by atoms with Gasteiger partial charge in [0.05, 0.1) is 21.3 Å². The molecule has 162 valence electrons. The smallest absolute Gasteiger partial charge is 0.161 e. The molecule has 3 rings (SSSR count). The van der Waals surface area contributed by atoms with Crippen LogP contribution in [0.25, 0.3) is 0 Å². The van der Waals surface area contributed by atoms with Crippen molar-refractivity contribution in [3.63, 3.8) is 0 Å². The molecule has 2 aromatic rings. The van der Waals surface area contributed by atoms with E-state index in [1.807, 2.05) is 12.1 Å². The summed E-state index contributed by atoms with van der Waals surface area (Å²) in [6.07, 6.45) is 0.215. The summed E-state index contributed by atoms with van der Waals surface area (Å²) in [7, 11) is 4.79. The molecule has 0 aromatic heterocycles. The summed E-state index contributed by atoms with van der Waals surface area (Å²) in [5, 5.41) is 10.5. The van der Waals surface area contributed by atoms with E-state index in [4.69, 9.17) is 18.9 Å². The van der Waals surface area contributed by atoms with Crippen LogP contribution in [-0.2, 0) is 13.0 Å². The molecule has 0 saturated heterocycles. The van der Waals surface area contributed by atoms with Gasteiger partial charge in [0.2, 0.25) is 0 Å². The van der Waals surface area contributed by atoms with Gasteiger partial charge in [-0.25, -0.2) is 0 Å². The lowest BCUT2D eigenvalue weighted by atomic mass is 9.98. The quantitative estimate of drug-likeness (QED) is 0.631. The monoisotopic (exact) mass is 415 g/mol. The van der Waals surface area contributed by atoms with Gasteiger partial charge in [0.25, 0.3) is 0 Å². The maximum Gasteiger partial charge on any atom is 0.161 e. The van der Waals surface area contributed by atoms with Gasteiger partial charge in [-0.15, -0.1) is 0 Å². The average molecular weight is 415 g/mol. The van der Waals surface area contributed by atoms with Gasteiger partial charge in [-0.3, -0.25) is 9.69 Å². The van der Waals surface area contributed by atoms with Crippen molar-refractivity contribution in [3.8, 4) is 23.0 Å². The van der Waals surface area contributed by atoms with Crippen LogP contribution in [0.5, 0.6) is 23.0 Å². The van der Waals surface area contributed by atoms with Crippen molar-refractivity contribution in [2.24, 2.45) is 0 Å². The van der Waals surface area contributed by atoms with Crippen molar-refractivity contribution >= 4 is 5.78 Å². The van der Waals surface area contributed by atoms with Gasteiger partial charge in [-0.1, -0.05) is 0 Å². The minimum absolute atomic E-state index is 0.0421. The first-order chi connectivity index (χ1) is 14.4. The molecular weight excluding hydrogens is 386 g/mol. The molecule has 0 saturated carbocycles. The van der Waals surface area contributed by atoms with Crippen LogP contribution in [0.3, 0.4) is 0 Å². The third-order valence-electron chi connectivity index (χ3n) is 5.27. The second-order valence-electron chi connectivity index (χ2n) is 7.35. The number of hydrogen-bond donors (Lipinski definition) is 1. The molecule has 0 spiro atoms. The highest BCUT2D eigenvalue weighted by Crippen LogP contribution is 2.33. The predicted octanol–water partition coefficient (Wildman–Crippen LogP) is 2.71. The molecule has 2 aromatic carbocycles. The van der Waals surface area contributed by atoms with E-state index in [2.05, 4.69) is 4.90 Å². The third kappa shape index (κ3) is 5.04. The number of rotatable bonds is 9. The van der Waals surface area contributed by atoms with E-state index < -0.39 is 6.10 Å². The summed E-state index contributed by atoms with van der Waals surface area (Å²) in [4.78, 5) is 13.7. The third-order valence-corrected chi connectivity index (χ3v) is 5.27. The van der Waals surface area contributed by atoms with Crippen molar-refractivity contribution in [2.75, 3.05) is 41.0 Å². The van der Waals surface area contributed by atoms with Gasteiger partial charge in [-0.2, -0.15) is 0 Å². The fourth-order valence-corrected chi connectivity index (χ4v) is 3.64. The number of benzene rings is 2. The number of carbonyl (C=O) groups excluding carboxylic acids is 1. The van der Waals surface area contributed by atoms with Crippen LogP contribution in [0.4, 0.5) is 0 Å². The fourth-order valence-electron chi connectivity index (χ4n) is 3.64. The maximum absolute atomic E-state index is 11.5. The van der Waals surface area contributed by atoms with Gasteiger partial charge < -0.3 is 24.1 Å². The number of aliphatic hydroxyl groups excluding tert-OH is 1. The summed E-state index contributed by atoms with van der Waals surface area (Å²) in [6, 6.07) is 9.06. The minimum atomic E-state index is -0.663. The highest BCUT2D eigenvalue weighted by atomic mass is 16.5. The number of methoxy groups -OCH3 is 3. The summed E-state index contributed by atoms with van der Waals surface area (Å²) in [5.74, 6) is 2.38. The lowest BCUT2D eigenvalue weighted by Crippen LogP contribution is -2.38. The largest absolute Gasteiger partial charge is 0.493 e. The summed E-state index contributed by atoms with van der Waals surface area (Å²) in [5.41, 5.74) is 2.97. The topological polar surface area (TPSA) is 77.5 Å². The zero-order chi connectivity index (χ0) is 21.7. The maximum atomic E-state index is 11.5. The number of β-amino-alcohol motifs (C(OH)–C–C–N with tert-alkyl or cyclic N) is 1. The highest BCUT2D eigenvalue weighted by Gasteiger charge is 2.22. The Labute approximate surface area is 177 Å². The number of carbonyl (C=O) groups is 1. The Kier molecular flexibility index (Phi) is 7.18. The number of ketones is 1. The van der Waals surface area contributed by atoms with E-state index >= 15 is 0 Å². The summed E-state index contributed by atoms with van der Waals surface area (Å²) in [6.45, 7) is 3.69. The molecule has 7 nitrogen and oxygen atoms in total. The Morgan fingerprint density at radius 1 is 1.00 bits per heavy atom. The Morgan fingerprint density at radius 2 is 1.63 bits per heavy atom. The van der Waals surface area contributed by atoms with Crippen molar-refractivity contribution in [1.29, 1.82) is 0 Å². The van der Waals surface area contributed by atoms with Gasteiger partial charge >= 0.3 is 0 Å². The van der Waals surface area contributed by atoms with Gasteiger partial charge in [0.1, 0.15) is 12.7 Å². The fraction of sp³-hybridized carbons (Fsp3) is 0.435. The molecule has 7 heteroatoms. The number of ether oxygens (including phenoxy) is 4. The lowest BCUT2D eigenvalue weighted by molar-refractivity contribution is 0.0627. The van der Waals surface area contributed by atoms with Crippen LogP contribution in [0.2, 0.25) is 0 Å². The van der Waals surface area contributed by atoms with Gasteiger partial charge in [0.15, 0.2) is 28.8 Å². The van der Waals surface area contributed by atoms with Gasteiger partial charge in [0, 0.05) is 25.2 Å². The molecule has 0 unspecified atom stereocenters. The van der Waals surface area contributed by atoms with E-state index in [1.165, 1.54) is 25.2 Å². The van der Waals surface area contributed by atoms with Crippen molar-refractivity contribution in [2.45, 2.75) is 26.0 Å². The predicted molar refractivity (Wildman–Crippen MR) is 113 cm³/mol. The van der Waals surface area contributed by atoms with Crippen molar-refractivity contribution in [1.82, 2.24) is 4.90 Å². The molecular formula is C23H29NO6. The molecule has 1 aliphatic rings. The van der Waals surface area contributed by atoms with Crippen LogP contribution >= 0.6 is 0 Å². The second-order valence-corrected chi connectivity index (χ2v) is 7.35. The lowest BCUT2D eigenvalue weighted by Gasteiger charge is -2.31. The number of fused-ring (bicyclic) bond motifs is 1. The Bertz CT molecular complexity index is 898. The standard InChI is InChI=1S/C23H29NO6/c1-15(25)16-5-6-20(21(9-16)27-2)30-14-19(26)13-24-8-7-17-10-22(28-3)23(29-4)11-18(17)12-24/h5-6,9-11,19,26H,7-8,12-14H2,1-4H3/t19-/m1/s1. The molecule has 0 aliphatic carbocycles. The molecule has 0 radical (unpaired) electrons. The summed E-state index contributed by atoms with van der Waals surface area (Å²) >= 11 is 0. The average Bonchev–Trinajstić information content (AvgIpc) is 2.76. The molecule has 0 bridgehead atoms. The van der Waals surface area contributed by atoms with Crippen LogP contribution in [-0.4, -0.2) is 62.9 Å². The van der Waals surface area contributed by atoms with Crippen molar-refractivity contribution in [3.05, 3.63) is 47.0 Å². The second kappa shape index (κ2) is 9.82. The van der Waals surface area contributed by atoms with Crippen LogP contribution in [0.15, 0.2) is 30.3 Å². The Hall–Kier alpha value is -2.77. The number of nitrogens with zero attached hydrogens (tertiary/aromatic N) is 1. The molecule has 1 atom stereocenters. The van der Waals surface area contributed by atoms with E-state index in [-0.39, 0.29) is 12.4 Å². The SMILES string of the molecule is COc1cc2c(cc1OC)CN(C[C@@H](O)COc1ccc(C(C)=O)cc1OC)CC2. The summed E-state index contributed by atoms with van der Waals surface area (Å²) < 4.78 is 21.8. The number of hydrogen-bond acceptors (Lipinski definition) is 7. The van der Waals surface area contributed by atoms with Crippen LogP contribution in [0.1, 0.15) is 28.4 Å². The van der Waals surface area contributed by atoms with Crippen molar-refractivity contribution < 1.29 is 28.8 Å². The van der Waals surface area contributed by atoms with E-state index in [0.29, 0.717) is 29.4 Å². The number of Topliss-reactive ketones (excluding diaryl/α,β-unsaturated/α-hetero) is 1. The van der Waals surface area contributed by atoms with E-state index in [0.717, 1.165) is 25.3 Å². The molecule has 30 heavy (non-hydrogen) atoms. The zero-order valence-electron chi connectivity index (χ0n) is 17.9. The molecule has 1 heterocycles. The zero-order valence-corrected chi connectivity index (χ0v) is 17.9. The normalized spacial score (nSPS) is 14.6. The Balaban J connectivity index is 1.59. The first kappa shape index (κ1) is 21.9. The molecule has 1 aliphatic heterocycles. The van der Waals surface area contributed by atoms with Gasteiger partial charge in [-0.05, 0) is 54.8 Å². The number of aliphatic hydroxyl groups is 1. The highest BCUT2D eigenvalue weighted by molar-refractivity contribution is 5.94. The first-order valence-corrected chi connectivity index (χ1v) is 9.91. The van der Waals surface area contributed by atoms with E-state index in [1.54, 1.807) is 32.4 Å². The Morgan fingerprint density at radius 3 is 2.27 bits per heavy atom. The molecule has 1 N–H and O–H groups in total. The van der Waals surface area contributed by atoms with Crippen LogP contribution < -0.4 is 18.9 Å². The van der Waals surface area contributed by atoms with E-state index in [9.17, 15) is 9.90 Å². The first-order valence-electron chi connectivity index (χ1n) is 9.91.